The smallest absolute Gasteiger partial charge is 0.222 e. The van der Waals surface area contributed by atoms with Gasteiger partial charge in [0.25, 0.3) is 0 Å². The van der Waals surface area contributed by atoms with Gasteiger partial charge in [-0.2, -0.15) is 0 Å². The van der Waals surface area contributed by atoms with Crippen LogP contribution in [0.15, 0.2) is 0 Å². The molecule has 1 amide bonds. The molecule has 1 fully saturated rings. The summed E-state index contributed by atoms with van der Waals surface area (Å²) in [5.74, 6) is 1.18. The summed E-state index contributed by atoms with van der Waals surface area (Å²) in [5.41, 5.74) is 0. The van der Waals surface area contributed by atoms with Crippen molar-refractivity contribution in [2.45, 2.75) is 39.2 Å². The predicted octanol–water partition coefficient (Wildman–Crippen LogP) is 0.851. The number of hydrogen-bond donors (Lipinski definition) is 2. The minimum absolute atomic E-state index is 0.0294. The minimum atomic E-state index is -0.0841. The van der Waals surface area contributed by atoms with Crippen LogP contribution in [0.2, 0.25) is 0 Å². The fourth-order valence-corrected chi connectivity index (χ4v) is 2.32. The van der Waals surface area contributed by atoms with E-state index in [0.29, 0.717) is 18.3 Å². The van der Waals surface area contributed by atoms with E-state index in [-0.39, 0.29) is 18.6 Å². The first-order valence-corrected chi connectivity index (χ1v) is 6.63. The van der Waals surface area contributed by atoms with Gasteiger partial charge in [-0.1, -0.05) is 6.92 Å². The zero-order chi connectivity index (χ0) is 12.8. The Balaban J connectivity index is 2.38. The molecule has 0 aromatic carbocycles. The van der Waals surface area contributed by atoms with Gasteiger partial charge in [-0.05, 0) is 44.7 Å². The molecule has 0 bridgehead atoms. The summed E-state index contributed by atoms with van der Waals surface area (Å²) in [6.07, 6.45) is 3.03. The van der Waals surface area contributed by atoms with Crippen molar-refractivity contribution in [3.63, 3.8) is 0 Å². The second kappa shape index (κ2) is 6.97. The Kier molecular flexibility index (Phi) is 5.92. The molecule has 1 saturated heterocycles. The van der Waals surface area contributed by atoms with E-state index in [0.717, 1.165) is 13.1 Å². The van der Waals surface area contributed by atoms with Crippen molar-refractivity contribution in [2.24, 2.45) is 11.8 Å². The lowest BCUT2D eigenvalue weighted by molar-refractivity contribution is -0.133. The van der Waals surface area contributed by atoms with Gasteiger partial charge in [0.1, 0.15) is 0 Å². The molecule has 4 heteroatoms. The average Bonchev–Trinajstić information content (AvgIpc) is 2.37. The number of amides is 1. The summed E-state index contributed by atoms with van der Waals surface area (Å²) < 4.78 is 0. The Morgan fingerprint density at radius 2 is 2.24 bits per heavy atom. The van der Waals surface area contributed by atoms with Crippen LogP contribution in [-0.4, -0.2) is 48.7 Å². The van der Waals surface area contributed by atoms with Gasteiger partial charge in [0.05, 0.1) is 12.6 Å². The van der Waals surface area contributed by atoms with Crippen molar-refractivity contribution in [1.82, 2.24) is 10.2 Å². The number of nitrogens with zero attached hydrogens (tertiary/aromatic N) is 1. The molecule has 0 aromatic rings. The molecule has 1 heterocycles. The second-order valence-electron chi connectivity index (χ2n) is 5.32. The van der Waals surface area contributed by atoms with Crippen LogP contribution >= 0.6 is 0 Å². The highest BCUT2D eigenvalue weighted by atomic mass is 16.3. The van der Waals surface area contributed by atoms with Crippen molar-refractivity contribution in [1.29, 1.82) is 0 Å². The second-order valence-corrected chi connectivity index (χ2v) is 5.32. The van der Waals surface area contributed by atoms with E-state index < -0.39 is 0 Å². The van der Waals surface area contributed by atoms with Crippen LogP contribution in [0.5, 0.6) is 0 Å². The first-order valence-electron chi connectivity index (χ1n) is 6.63. The maximum absolute atomic E-state index is 12.0. The average molecular weight is 242 g/mol. The molecule has 4 nitrogen and oxygen atoms in total. The van der Waals surface area contributed by atoms with E-state index in [1.54, 1.807) is 11.9 Å². The van der Waals surface area contributed by atoms with Crippen molar-refractivity contribution in [3.8, 4) is 0 Å². The van der Waals surface area contributed by atoms with Crippen molar-refractivity contribution >= 4 is 5.91 Å². The molecular weight excluding hydrogens is 216 g/mol. The molecule has 1 aliphatic heterocycles. The van der Waals surface area contributed by atoms with Gasteiger partial charge in [0, 0.05) is 13.5 Å². The van der Waals surface area contributed by atoms with Crippen molar-refractivity contribution in [3.05, 3.63) is 0 Å². The first-order chi connectivity index (χ1) is 8.06. The number of hydrogen-bond acceptors (Lipinski definition) is 3. The molecule has 0 aromatic heterocycles. The van der Waals surface area contributed by atoms with E-state index in [1.807, 2.05) is 6.92 Å². The number of nitrogens with one attached hydrogen (secondary N) is 1. The van der Waals surface area contributed by atoms with Crippen LogP contribution in [0.3, 0.4) is 0 Å². The summed E-state index contributed by atoms with van der Waals surface area (Å²) in [6, 6.07) is -0.0841. The summed E-state index contributed by atoms with van der Waals surface area (Å²) in [4.78, 5) is 13.7. The number of carbonyl (C=O) groups is 1. The predicted molar refractivity (Wildman–Crippen MR) is 68.7 cm³/mol. The molecule has 2 N–H and O–H groups in total. The monoisotopic (exact) mass is 242 g/mol. The zero-order valence-electron chi connectivity index (χ0n) is 11.3. The van der Waals surface area contributed by atoms with Crippen LogP contribution in [0.1, 0.15) is 33.1 Å². The Morgan fingerprint density at radius 1 is 1.53 bits per heavy atom. The lowest BCUT2D eigenvalue weighted by Crippen LogP contribution is -2.40. The molecule has 0 aliphatic carbocycles. The van der Waals surface area contributed by atoms with E-state index in [2.05, 4.69) is 12.2 Å². The minimum Gasteiger partial charge on any atom is -0.394 e. The van der Waals surface area contributed by atoms with Crippen molar-refractivity contribution in [2.75, 3.05) is 26.7 Å². The number of aliphatic hydroxyl groups is 1. The molecule has 1 aliphatic rings. The van der Waals surface area contributed by atoms with Gasteiger partial charge in [-0.25, -0.2) is 0 Å². The SMILES string of the molecule is CC(CC(=O)N(C)C(C)CO)C1CCCNC1. The molecule has 0 saturated carbocycles. The number of likely N-dealkylation sites (N-methyl/N-ethyl adjacent to an activating group) is 1. The van der Waals surface area contributed by atoms with Crippen LogP contribution in [0.25, 0.3) is 0 Å². The Hall–Kier alpha value is -0.610. The van der Waals surface area contributed by atoms with Gasteiger partial charge < -0.3 is 15.3 Å². The van der Waals surface area contributed by atoms with E-state index in [1.165, 1.54) is 12.8 Å². The van der Waals surface area contributed by atoms with E-state index in [9.17, 15) is 4.79 Å². The van der Waals surface area contributed by atoms with Crippen LogP contribution in [0.4, 0.5) is 0 Å². The Labute approximate surface area is 104 Å². The largest absolute Gasteiger partial charge is 0.394 e. The molecule has 100 valence electrons. The molecule has 0 radical (unpaired) electrons. The number of aliphatic hydroxyl groups excluding tert-OH is 1. The van der Waals surface area contributed by atoms with Gasteiger partial charge in [0.2, 0.25) is 5.91 Å². The summed E-state index contributed by atoms with van der Waals surface area (Å²) in [7, 11) is 1.77. The highest BCUT2D eigenvalue weighted by Crippen LogP contribution is 2.23. The standard InChI is InChI=1S/C13H26N2O2/c1-10(12-5-4-6-14-8-12)7-13(17)15(3)11(2)9-16/h10-12,14,16H,4-9H2,1-3H3. The lowest BCUT2D eigenvalue weighted by atomic mass is 9.85. The molecule has 3 atom stereocenters. The Bertz CT molecular complexity index is 240. The Morgan fingerprint density at radius 3 is 2.76 bits per heavy atom. The summed E-state index contributed by atoms with van der Waals surface area (Å²) >= 11 is 0. The third-order valence-electron chi connectivity index (χ3n) is 3.96. The quantitative estimate of drug-likeness (QED) is 0.751. The molecule has 0 spiro atoms. The van der Waals surface area contributed by atoms with Gasteiger partial charge >= 0.3 is 0 Å². The number of carbonyl (C=O) groups excluding carboxylic acids is 1. The highest BCUT2D eigenvalue weighted by molar-refractivity contribution is 5.76. The topological polar surface area (TPSA) is 52.6 Å². The summed E-state index contributed by atoms with van der Waals surface area (Å²) in [6.45, 7) is 6.20. The third kappa shape index (κ3) is 4.28. The normalized spacial score (nSPS) is 24.1. The number of rotatable bonds is 5. The molecule has 1 rings (SSSR count). The fourth-order valence-electron chi connectivity index (χ4n) is 2.32. The third-order valence-corrected chi connectivity index (χ3v) is 3.96. The van der Waals surface area contributed by atoms with Crippen LogP contribution < -0.4 is 5.32 Å². The zero-order valence-corrected chi connectivity index (χ0v) is 11.3. The van der Waals surface area contributed by atoms with E-state index >= 15 is 0 Å². The molecule has 3 unspecified atom stereocenters. The van der Waals surface area contributed by atoms with Crippen molar-refractivity contribution < 1.29 is 9.90 Å². The maximum atomic E-state index is 12.0. The van der Waals surface area contributed by atoms with Gasteiger partial charge in [0.15, 0.2) is 0 Å². The highest BCUT2D eigenvalue weighted by Gasteiger charge is 2.24. The van der Waals surface area contributed by atoms with Gasteiger partial charge in [-0.15, -0.1) is 0 Å². The summed E-state index contributed by atoms with van der Waals surface area (Å²) in [5, 5.41) is 12.4. The van der Waals surface area contributed by atoms with Crippen LogP contribution in [-0.2, 0) is 4.79 Å². The maximum Gasteiger partial charge on any atom is 0.222 e. The molecule has 17 heavy (non-hydrogen) atoms. The fraction of sp³-hybridized carbons (Fsp3) is 0.923. The number of piperidine rings is 1. The first kappa shape index (κ1) is 14.5. The molecular formula is C13H26N2O2. The van der Waals surface area contributed by atoms with E-state index in [4.69, 9.17) is 5.11 Å². The van der Waals surface area contributed by atoms with Crippen LogP contribution in [0, 0.1) is 11.8 Å². The van der Waals surface area contributed by atoms with Gasteiger partial charge in [-0.3, -0.25) is 4.79 Å². The lowest BCUT2D eigenvalue weighted by Gasteiger charge is -2.30.